The van der Waals surface area contributed by atoms with Crippen LogP contribution in [0.5, 0.6) is 0 Å². The smallest absolute Gasteiger partial charge is 0.159 e. The van der Waals surface area contributed by atoms with Crippen molar-refractivity contribution >= 4 is 5.78 Å². The van der Waals surface area contributed by atoms with Gasteiger partial charge in [0.1, 0.15) is 0 Å². The Morgan fingerprint density at radius 1 is 1.09 bits per heavy atom. The van der Waals surface area contributed by atoms with Crippen LogP contribution in [-0.2, 0) is 4.79 Å². The second-order valence-corrected chi connectivity index (χ2v) is 12.9. The predicted molar refractivity (Wildman–Crippen MR) is 127 cm³/mol. The van der Waals surface area contributed by atoms with Crippen LogP contribution >= 0.6 is 0 Å². The molecular weight excluding hydrogens is 436 g/mol. The van der Waals surface area contributed by atoms with Crippen LogP contribution in [0.25, 0.3) is 0 Å². The third kappa shape index (κ3) is 3.73. The number of aliphatic hydroxyl groups excluding tert-OH is 3. The van der Waals surface area contributed by atoms with E-state index in [1.807, 2.05) is 6.92 Å². The Bertz CT molecular complexity index is 850. The van der Waals surface area contributed by atoms with E-state index in [1.54, 1.807) is 13.0 Å². The Hall–Kier alpha value is -0.830. The largest absolute Gasteiger partial charge is 0.393 e. The van der Waals surface area contributed by atoms with Gasteiger partial charge in [0.2, 0.25) is 0 Å². The minimum atomic E-state index is -1.50. The van der Waals surface area contributed by atoms with Crippen molar-refractivity contribution in [2.45, 2.75) is 114 Å². The second kappa shape index (κ2) is 8.35. The Kier molecular flexibility index (Phi) is 6.45. The van der Waals surface area contributed by atoms with Gasteiger partial charge in [-0.05, 0) is 101 Å². The van der Waals surface area contributed by atoms with Gasteiger partial charge in [-0.15, -0.1) is 0 Å². The zero-order chi connectivity index (χ0) is 25.3. The minimum absolute atomic E-state index is 0.00773. The van der Waals surface area contributed by atoms with E-state index in [0.717, 1.165) is 18.4 Å². The molecule has 10 atom stereocenters. The summed E-state index contributed by atoms with van der Waals surface area (Å²) < 4.78 is 0. The van der Waals surface area contributed by atoms with Gasteiger partial charge in [0.15, 0.2) is 5.78 Å². The van der Waals surface area contributed by atoms with Crippen LogP contribution in [0.3, 0.4) is 0 Å². The molecule has 6 N–H and O–H groups in total. The summed E-state index contributed by atoms with van der Waals surface area (Å²) in [4.78, 5) is 13.2. The zero-order valence-electron chi connectivity index (χ0n) is 21.1. The molecule has 0 spiro atoms. The lowest BCUT2D eigenvalue weighted by molar-refractivity contribution is -0.173. The van der Waals surface area contributed by atoms with Crippen LogP contribution in [0.4, 0.5) is 0 Å². The van der Waals surface area contributed by atoms with E-state index >= 15 is 0 Å². The molecule has 0 heterocycles. The van der Waals surface area contributed by atoms with E-state index in [-0.39, 0.29) is 35.9 Å². The number of ketones is 1. The Labute approximate surface area is 202 Å². The molecule has 0 aromatic carbocycles. The van der Waals surface area contributed by atoms with Crippen molar-refractivity contribution in [1.29, 1.82) is 0 Å². The second-order valence-electron chi connectivity index (χ2n) is 12.9. The summed E-state index contributed by atoms with van der Waals surface area (Å²) >= 11 is 0. The Balaban J connectivity index is 1.63. The molecule has 0 aliphatic heterocycles. The maximum Gasteiger partial charge on any atom is 0.159 e. The first kappa shape index (κ1) is 26.2. The molecule has 0 amide bonds. The number of carbonyl (C=O) groups is 1. The summed E-state index contributed by atoms with van der Waals surface area (Å²) in [6, 6.07) is 0. The molecule has 0 bridgehead atoms. The van der Waals surface area contributed by atoms with Crippen molar-refractivity contribution < 1.29 is 35.4 Å². The SMILES string of the molecule is CC(O)(CO)CC[C@@H](O)[C@](C)(O)[C@H]1CC[C@@]2(O)C3=CC(=O)[C@@H]4C[C@@H](O)CC[C@]4(C)[C@H]3CC[C@]12C. The summed E-state index contributed by atoms with van der Waals surface area (Å²) in [5, 5.41) is 64.4. The molecule has 194 valence electrons. The molecule has 0 saturated heterocycles. The molecule has 0 radical (unpaired) electrons. The highest BCUT2D eigenvalue weighted by Gasteiger charge is 2.68. The van der Waals surface area contributed by atoms with Crippen LogP contribution in [-0.4, -0.2) is 72.0 Å². The van der Waals surface area contributed by atoms with Gasteiger partial charge in [-0.2, -0.15) is 0 Å². The minimum Gasteiger partial charge on any atom is -0.393 e. The van der Waals surface area contributed by atoms with Crippen LogP contribution in [0.15, 0.2) is 11.6 Å². The van der Waals surface area contributed by atoms with Crippen molar-refractivity contribution in [1.82, 2.24) is 0 Å². The van der Waals surface area contributed by atoms with Gasteiger partial charge in [0.25, 0.3) is 0 Å². The lowest BCUT2D eigenvalue weighted by Gasteiger charge is -2.60. The van der Waals surface area contributed by atoms with Gasteiger partial charge in [0.05, 0.1) is 35.6 Å². The van der Waals surface area contributed by atoms with Crippen LogP contribution in [0.2, 0.25) is 0 Å². The molecule has 0 aromatic rings. The van der Waals surface area contributed by atoms with Crippen molar-refractivity contribution in [3.8, 4) is 0 Å². The summed E-state index contributed by atoms with van der Waals surface area (Å²) in [7, 11) is 0. The molecule has 34 heavy (non-hydrogen) atoms. The standard InChI is InChI=1S/C27H44O7/c1-23(32,15-28)9-8-22(31)26(4,33)21-7-12-27(34)18-14-20(30)19-13-16(29)5-10-24(19,2)17(18)6-11-25(21,27)3/h14,16-17,19,21-22,28-29,31-34H,5-13,15H2,1-4H3/t16-,17-,19-,21-,22+,23?,24+,25+,26+,27+/m0/s1. The quantitative estimate of drug-likeness (QED) is 0.341. The lowest BCUT2D eigenvalue weighted by Crippen LogP contribution is -2.62. The average Bonchev–Trinajstić information content (AvgIpc) is 3.05. The van der Waals surface area contributed by atoms with E-state index in [1.165, 1.54) is 6.92 Å². The number of carbonyl (C=O) groups excluding carboxylic acids is 1. The molecule has 7 nitrogen and oxygen atoms in total. The molecule has 4 aliphatic carbocycles. The molecule has 1 unspecified atom stereocenters. The van der Waals surface area contributed by atoms with Crippen molar-refractivity contribution in [2.24, 2.45) is 28.6 Å². The summed E-state index contributed by atoms with van der Waals surface area (Å²) in [6.07, 6.45) is 4.64. The van der Waals surface area contributed by atoms with Crippen molar-refractivity contribution in [3.05, 3.63) is 11.6 Å². The van der Waals surface area contributed by atoms with E-state index in [0.29, 0.717) is 32.1 Å². The molecule has 4 aliphatic rings. The first-order valence-electron chi connectivity index (χ1n) is 13.0. The number of allylic oxidation sites excluding steroid dienone is 1. The topological polar surface area (TPSA) is 138 Å². The molecule has 0 aromatic heterocycles. The summed E-state index contributed by atoms with van der Waals surface area (Å²) in [5.41, 5.74) is -4.27. The van der Waals surface area contributed by atoms with Gasteiger partial charge in [-0.3, -0.25) is 4.79 Å². The zero-order valence-corrected chi connectivity index (χ0v) is 21.1. The number of hydrogen-bond acceptors (Lipinski definition) is 7. The normalized spacial score (nSPS) is 46.4. The number of hydrogen-bond donors (Lipinski definition) is 6. The number of rotatable bonds is 6. The fourth-order valence-electron chi connectivity index (χ4n) is 8.30. The van der Waals surface area contributed by atoms with Gasteiger partial charge in [0, 0.05) is 11.3 Å². The Morgan fingerprint density at radius 2 is 1.76 bits per heavy atom. The van der Waals surface area contributed by atoms with Crippen LogP contribution in [0.1, 0.15) is 85.5 Å². The van der Waals surface area contributed by atoms with Crippen LogP contribution in [0, 0.1) is 28.6 Å². The highest BCUT2D eigenvalue weighted by molar-refractivity contribution is 5.95. The molecule has 3 fully saturated rings. The van der Waals surface area contributed by atoms with E-state index < -0.39 is 47.0 Å². The third-order valence-electron chi connectivity index (χ3n) is 10.7. The van der Waals surface area contributed by atoms with Crippen LogP contribution < -0.4 is 0 Å². The first-order chi connectivity index (χ1) is 15.6. The van der Waals surface area contributed by atoms with Gasteiger partial charge in [-0.25, -0.2) is 0 Å². The first-order valence-corrected chi connectivity index (χ1v) is 13.0. The maximum absolute atomic E-state index is 13.2. The highest BCUT2D eigenvalue weighted by Crippen LogP contribution is 2.68. The summed E-state index contributed by atoms with van der Waals surface area (Å²) in [5.74, 6) is -0.560. The lowest BCUT2D eigenvalue weighted by atomic mass is 9.46. The molecule has 3 saturated carbocycles. The fraction of sp³-hybridized carbons (Fsp3) is 0.889. The van der Waals surface area contributed by atoms with E-state index in [2.05, 4.69) is 6.92 Å². The third-order valence-corrected chi connectivity index (χ3v) is 10.7. The molecular formula is C27H44O7. The monoisotopic (exact) mass is 480 g/mol. The highest BCUT2D eigenvalue weighted by atomic mass is 16.3. The van der Waals surface area contributed by atoms with Gasteiger partial charge < -0.3 is 30.6 Å². The molecule has 7 heteroatoms. The summed E-state index contributed by atoms with van der Waals surface area (Å²) in [6.45, 7) is 6.80. The van der Waals surface area contributed by atoms with E-state index in [4.69, 9.17) is 0 Å². The number of aliphatic hydroxyl groups is 6. The predicted octanol–water partition coefficient (Wildman–Crippen LogP) is 1.86. The van der Waals surface area contributed by atoms with Gasteiger partial charge >= 0.3 is 0 Å². The average molecular weight is 481 g/mol. The van der Waals surface area contributed by atoms with E-state index in [9.17, 15) is 35.4 Å². The van der Waals surface area contributed by atoms with Crippen molar-refractivity contribution in [2.75, 3.05) is 6.61 Å². The Morgan fingerprint density at radius 3 is 2.41 bits per heavy atom. The fourth-order valence-corrected chi connectivity index (χ4v) is 8.30. The maximum atomic E-state index is 13.2. The van der Waals surface area contributed by atoms with Crippen molar-refractivity contribution in [3.63, 3.8) is 0 Å². The molecule has 4 rings (SSSR count). The van der Waals surface area contributed by atoms with Gasteiger partial charge in [-0.1, -0.05) is 13.8 Å². The number of fused-ring (bicyclic) bond motifs is 5.